The van der Waals surface area contributed by atoms with Gasteiger partial charge in [-0.15, -0.1) is 11.3 Å². The molecule has 4 rings (SSSR count). The Morgan fingerprint density at radius 3 is 2.55 bits per heavy atom. The van der Waals surface area contributed by atoms with Crippen molar-refractivity contribution >= 4 is 17.4 Å². The molecule has 0 spiro atoms. The Labute approximate surface area is 164 Å². The zero-order valence-corrected chi connectivity index (χ0v) is 15.7. The first kappa shape index (κ1) is 19.7. The summed E-state index contributed by atoms with van der Waals surface area (Å²) in [7, 11) is 0. The summed E-state index contributed by atoms with van der Waals surface area (Å²) in [5, 5.41) is 0. The van der Waals surface area contributed by atoms with Crippen LogP contribution in [-0.2, 0) is 0 Å². The number of carbonyl (C=O) groups excluding carboxylic acids is 1. The molecule has 156 valence electrons. The van der Waals surface area contributed by atoms with Crippen molar-refractivity contribution in [2.45, 2.75) is 31.7 Å². The monoisotopic (exact) mass is 435 g/mol. The summed E-state index contributed by atoms with van der Waals surface area (Å²) in [6.07, 6.45) is -8.90. The molecule has 1 aromatic carbocycles. The zero-order valence-electron chi connectivity index (χ0n) is 14.9. The number of aromatic nitrogens is 1. The van der Waals surface area contributed by atoms with Crippen LogP contribution >= 0.6 is 11.3 Å². The van der Waals surface area contributed by atoms with Gasteiger partial charge in [0.15, 0.2) is 16.3 Å². The molecule has 1 fully saturated rings. The molecule has 1 saturated heterocycles. The SMILES string of the molecule is Cc1cn(-c2ccc3c(c2)OC(F)(F)C(F)(F)O3)/c(=N/C(=O)N2CC[C@@H](F)C2)s1. The van der Waals surface area contributed by atoms with Crippen molar-refractivity contribution in [3.63, 3.8) is 0 Å². The standard InChI is InChI=1S/C17H14F5N3O3S/c1-9-7-25(15(29-9)23-14(26)24-5-4-10(18)8-24)11-2-3-12-13(6-11)28-17(21,22)16(19,20)27-12/h2-3,6-7,10H,4-5,8H2,1H3/b23-15-/t10-/m1/s1. The van der Waals surface area contributed by atoms with Crippen molar-refractivity contribution in [1.82, 2.24) is 9.47 Å². The number of likely N-dealkylation sites (tertiary alicyclic amines) is 1. The lowest BCUT2D eigenvalue weighted by molar-refractivity contribution is -0.391. The van der Waals surface area contributed by atoms with Gasteiger partial charge in [-0.25, -0.2) is 9.18 Å². The predicted octanol–water partition coefficient (Wildman–Crippen LogP) is 3.87. The van der Waals surface area contributed by atoms with Crippen molar-refractivity contribution < 1.29 is 36.2 Å². The van der Waals surface area contributed by atoms with Crippen molar-refractivity contribution in [1.29, 1.82) is 0 Å². The average molecular weight is 435 g/mol. The van der Waals surface area contributed by atoms with Crippen LogP contribution in [-0.4, -0.2) is 47.0 Å². The van der Waals surface area contributed by atoms with Crippen LogP contribution in [0.3, 0.4) is 0 Å². The van der Waals surface area contributed by atoms with E-state index in [4.69, 9.17) is 0 Å². The van der Waals surface area contributed by atoms with Crippen molar-refractivity contribution in [3.8, 4) is 17.2 Å². The van der Waals surface area contributed by atoms with Crippen LogP contribution < -0.4 is 14.3 Å². The van der Waals surface area contributed by atoms with Crippen LogP contribution in [0.4, 0.5) is 26.7 Å². The number of ether oxygens (including phenoxy) is 2. The Kier molecular flexibility index (Phi) is 4.56. The fraction of sp³-hybridized carbons (Fsp3) is 0.412. The van der Waals surface area contributed by atoms with Gasteiger partial charge in [-0.05, 0) is 25.5 Å². The summed E-state index contributed by atoms with van der Waals surface area (Å²) in [6, 6.07) is 2.87. The Morgan fingerprint density at radius 2 is 1.90 bits per heavy atom. The third-order valence-corrected chi connectivity index (χ3v) is 5.28. The number of alkyl halides is 5. The van der Waals surface area contributed by atoms with Gasteiger partial charge in [-0.1, -0.05) is 0 Å². The fourth-order valence-electron chi connectivity index (χ4n) is 2.97. The number of hydrogen-bond donors (Lipinski definition) is 0. The molecule has 6 nitrogen and oxygen atoms in total. The molecule has 2 aliphatic heterocycles. The van der Waals surface area contributed by atoms with Gasteiger partial charge >= 0.3 is 18.2 Å². The number of urea groups is 1. The zero-order chi connectivity index (χ0) is 21.0. The third-order valence-electron chi connectivity index (χ3n) is 4.38. The summed E-state index contributed by atoms with van der Waals surface area (Å²) in [4.78, 5) is 18.5. The number of fused-ring (bicyclic) bond motifs is 1. The lowest BCUT2D eigenvalue weighted by Gasteiger charge is -2.31. The average Bonchev–Trinajstić information content (AvgIpc) is 3.21. The van der Waals surface area contributed by atoms with E-state index in [1.165, 1.54) is 15.5 Å². The van der Waals surface area contributed by atoms with Gasteiger partial charge in [0.1, 0.15) is 6.17 Å². The molecule has 0 N–H and O–H groups in total. The maximum Gasteiger partial charge on any atom is 0.507 e. The van der Waals surface area contributed by atoms with E-state index < -0.39 is 35.9 Å². The lowest BCUT2D eigenvalue weighted by Crippen LogP contribution is -2.52. The predicted molar refractivity (Wildman–Crippen MR) is 91.6 cm³/mol. The van der Waals surface area contributed by atoms with Crippen LogP contribution in [0.5, 0.6) is 11.5 Å². The molecule has 2 aromatic rings. The summed E-state index contributed by atoms with van der Waals surface area (Å²) < 4.78 is 76.4. The van der Waals surface area contributed by atoms with Gasteiger partial charge in [0.05, 0.1) is 12.2 Å². The summed E-state index contributed by atoms with van der Waals surface area (Å²) in [5.41, 5.74) is 0.244. The second-order valence-corrected chi connectivity index (χ2v) is 7.80. The normalized spacial score (nSPS) is 22.8. The highest BCUT2D eigenvalue weighted by molar-refractivity contribution is 7.09. The number of thiazole rings is 1. The molecule has 1 atom stereocenters. The fourth-order valence-corrected chi connectivity index (χ4v) is 3.79. The van der Waals surface area contributed by atoms with E-state index in [2.05, 4.69) is 14.5 Å². The molecule has 12 heteroatoms. The number of hydrogen-bond acceptors (Lipinski definition) is 4. The van der Waals surface area contributed by atoms with Crippen molar-refractivity contribution in [2.24, 2.45) is 4.99 Å². The number of nitrogens with zero attached hydrogens (tertiary/aromatic N) is 3. The number of aryl methyl sites for hydroxylation is 1. The van der Waals surface area contributed by atoms with E-state index in [9.17, 15) is 26.7 Å². The Morgan fingerprint density at radius 1 is 1.21 bits per heavy atom. The van der Waals surface area contributed by atoms with Crippen molar-refractivity contribution in [3.05, 3.63) is 34.1 Å². The Balaban J connectivity index is 1.70. The topological polar surface area (TPSA) is 56.1 Å². The summed E-state index contributed by atoms with van der Waals surface area (Å²) >= 11 is 1.15. The molecule has 0 saturated carbocycles. The van der Waals surface area contributed by atoms with Gasteiger partial charge in [0.25, 0.3) is 0 Å². The highest BCUT2D eigenvalue weighted by atomic mass is 32.1. The molecule has 0 radical (unpaired) electrons. The number of benzene rings is 1. The highest BCUT2D eigenvalue weighted by Crippen LogP contribution is 2.47. The molecule has 0 unspecified atom stereocenters. The van der Waals surface area contributed by atoms with Gasteiger partial charge in [0, 0.05) is 23.7 Å². The molecule has 1 aromatic heterocycles. The first-order chi connectivity index (χ1) is 13.6. The Hall–Kier alpha value is -2.63. The van der Waals surface area contributed by atoms with Crippen LogP contribution in [0.1, 0.15) is 11.3 Å². The van der Waals surface area contributed by atoms with Crippen LogP contribution in [0, 0.1) is 6.92 Å². The maximum absolute atomic E-state index is 13.5. The molecular formula is C17H14F5N3O3S. The highest BCUT2D eigenvalue weighted by Gasteiger charge is 2.65. The minimum Gasteiger partial charge on any atom is -0.421 e. The summed E-state index contributed by atoms with van der Waals surface area (Å²) in [5.74, 6) is -1.12. The van der Waals surface area contributed by atoms with Gasteiger partial charge < -0.3 is 14.4 Å². The maximum atomic E-state index is 13.5. The van der Waals surface area contributed by atoms with E-state index >= 15 is 0 Å². The van der Waals surface area contributed by atoms with Crippen LogP contribution in [0.15, 0.2) is 29.4 Å². The molecule has 2 aliphatic rings. The molecular weight excluding hydrogens is 421 g/mol. The number of halogens is 5. The first-order valence-corrected chi connectivity index (χ1v) is 9.32. The van der Waals surface area contributed by atoms with Crippen molar-refractivity contribution in [2.75, 3.05) is 13.1 Å². The molecule has 29 heavy (non-hydrogen) atoms. The Bertz CT molecular complexity index is 1040. The second kappa shape index (κ2) is 6.71. The largest absolute Gasteiger partial charge is 0.507 e. The van der Waals surface area contributed by atoms with E-state index in [1.807, 2.05) is 0 Å². The van der Waals surface area contributed by atoms with Crippen LogP contribution in [0.2, 0.25) is 0 Å². The van der Waals surface area contributed by atoms with Gasteiger partial charge in [-0.3, -0.25) is 4.57 Å². The van der Waals surface area contributed by atoms with E-state index in [0.717, 1.165) is 28.3 Å². The van der Waals surface area contributed by atoms with E-state index in [0.29, 0.717) is 0 Å². The smallest absolute Gasteiger partial charge is 0.421 e. The van der Waals surface area contributed by atoms with Gasteiger partial charge in [-0.2, -0.15) is 22.6 Å². The molecule has 0 bridgehead atoms. The second-order valence-electron chi connectivity index (χ2n) is 6.59. The van der Waals surface area contributed by atoms with E-state index in [-0.39, 0.29) is 30.0 Å². The minimum absolute atomic E-state index is 0.0417. The number of carbonyl (C=O) groups is 1. The molecule has 0 aliphatic carbocycles. The molecule has 2 amide bonds. The lowest BCUT2D eigenvalue weighted by atomic mass is 10.2. The minimum atomic E-state index is -4.84. The summed E-state index contributed by atoms with van der Waals surface area (Å²) in [6.45, 7) is 1.95. The van der Waals surface area contributed by atoms with Crippen LogP contribution in [0.25, 0.3) is 5.69 Å². The quantitative estimate of drug-likeness (QED) is 0.640. The van der Waals surface area contributed by atoms with Gasteiger partial charge in [0.2, 0.25) is 0 Å². The third kappa shape index (κ3) is 3.56. The number of amides is 2. The first-order valence-electron chi connectivity index (χ1n) is 8.50. The number of rotatable bonds is 1. The van der Waals surface area contributed by atoms with E-state index in [1.54, 1.807) is 13.1 Å². The molecule has 3 heterocycles.